The largest absolute Gasteiger partial charge is 0.478 e. The molecule has 1 fully saturated rings. The Morgan fingerprint density at radius 3 is 2.57 bits per heavy atom. The van der Waals surface area contributed by atoms with Crippen LogP contribution in [-0.4, -0.2) is 25.5 Å². The molecule has 0 aliphatic heterocycles. The summed E-state index contributed by atoms with van der Waals surface area (Å²) in [6, 6.07) is 3.53. The molecule has 2 rings (SSSR count). The Labute approximate surface area is 124 Å². The van der Waals surface area contributed by atoms with Crippen LogP contribution in [0.5, 0.6) is 0 Å². The summed E-state index contributed by atoms with van der Waals surface area (Å²) in [5.41, 5.74) is 5.73. The molecule has 0 bridgehead atoms. The van der Waals surface area contributed by atoms with Crippen LogP contribution in [-0.2, 0) is 10.0 Å². The van der Waals surface area contributed by atoms with Crippen LogP contribution in [0.25, 0.3) is 0 Å². The van der Waals surface area contributed by atoms with Crippen LogP contribution in [0, 0.1) is 5.41 Å². The van der Waals surface area contributed by atoms with Gasteiger partial charge < -0.3 is 10.8 Å². The van der Waals surface area contributed by atoms with E-state index in [2.05, 4.69) is 18.6 Å². The molecule has 21 heavy (non-hydrogen) atoms. The summed E-state index contributed by atoms with van der Waals surface area (Å²) in [6.07, 6.45) is 2.53. The molecule has 0 heterocycles. The van der Waals surface area contributed by atoms with Gasteiger partial charge in [0.05, 0.1) is 11.3 Å². The summed E-state index contributed by atoms with van der Waals surface area (Å²) in [7, 11) is -3.73. The highest BCUT2D eigenvalue weighted by molar-refractivity contribution is 7.89. The van der Waals surface area contributed by atoms with E-state index in [1.807, 2.05) is 0 Å². The lowest BCUT2D eigenvalue weighted by Gasteiger charge is -2.18. The van der Waals surface area contributed by atoms with Crippen molar-refractivity contribution in [1.29, 1.82) is 0 Å². The topological polar surface area (TPSA) is 109 Å². The number of hydrogen-bond donors (Lipinski definition) is 3. The van der Waals surface area contributed by atoms with Crippen LogP contribution in [0.2, 0.25) is 0 Å². The van der Waals surface area contributed by atoms with E-state index < -0.39 is 16.0 Å². The molecule has 1 aromatic carbocycles. The van der Waals surface area contributed by atoms with Crippen molar-refractivity contribution in [3.8, 4) is 0 Å². The minimum atomic E-state index is -3.73. The first kappa shape index (κ1) is 15.8. The summed E-state index contributed by atoms with van der Waals surface area (Å²) in [5, 5.41) is 8.87. The van der Waals surface area contributed by atoms with Gasteiger partial charge in [-0.15, -0.1) is 0 Å². The fraction of sp³-hybridized carbons (Fsp3) is 0.500. The lowest BCUT2D eigenvalue weighted by Crippen LogP contribution is -2.34. The maximum Gasteiger partial charge on any atom is 0.335 e. The minimum Gasteiger partial charge on any atom is -0.478 e. The third-order valence-corrected chi connectivity index (χ3v) is 5.43. The molecule has 0 radical (unpaired) electrons. The highest BCUT2D eigenvalue weighted by Crippen LogP contribution is 2.37. The van der Waals surface area contributed by atoms with Crippen molar-refractivity contribution in [1.82, 2.24) is 4.72 Å². The Morgan fingerprint density at radius 2 is 2.10 bits per heavy atom. The number of nitrogens with one attached hydrogen (secondary N) is 1. The van der Waals surface area contributed by atoms with Gasteiger partial charge in [-0.1, -0.05) is 13.8 Å². The summed E-state index contributed by atoms with van der Waals surface area (Å²) < 4.78 is 27.4. The molecule has 4 N–H and O–H groups in total. The molecule has 116 valence electrons. The van der Waals surface area contributed by atoms with Crippen molar-refractivity contribution in [2.45, 2.75) is 44.0 Å². The van der Waals surface area contributed by atoms with Gasteiger partial charge >= 0.3 is 5.97 Å². The predicted molar refractivity (Wildman–Crippen MR) is 79.6 cm³/mol. The normalized spacial score (nSPS) is 21.3. The fourth-order valence-electron chi connectivity index (χ4n) is 2.75. The number of benzene rings is 1. The zero-order valence-electron chi connectivity index (χ0n) is 12.1. The van der Waals surface area contributed by atoms with E-state index in [1.165, 1.54) is 12.1 Å². The van der Waals surface area contributed by atoms with E-state index in [0.717, 1.165) is 25.3 Å². The average Bonchev–Trinajstić information content (AvgIpc) is 2.67. The van der Waals surface area contributed by atoms with Gasteiger partial charge in [0.1, 0.15) is 4.90 Å². The van der Waals surface area contributed by atoms with E-state index >= 15 is 0 Å². The Morgan fingerprint density at radius 1 is 1.43 bits per heavy atom. The van der Waals surface area contributed by atoms with E-state index in [-0.39, 0.29) is 27.6 Å². The maximum absolute atomic E-state index is 12.4. The lowest BCUT2D eigenvalue weighted by atomic mass is 9.92. The first-order chi connectivity index (χ1) is 9.61. The molecule has 1 atom stereocenters. The SMILES string of the molecule is CC1(C)CCC(NS(=O)(=O)c2ccc(C(=O)O)cc2N)C1. The molecule has 6 nitrogen and oxygen atoms in total. The molecule has 0 spiro atoms. The predicted octanol–water partition coefficient (Wildman–Crippen LogP) is 1.82. The Hall–Kier alpha value is -1.60. The molecule has 0 aromatic heterocycles. The average molecular weight is 312 g/mol. The van der Waals surface area contributed by atoms with E-state index in [1.54, 1.807) is 0 Å². The van der Waals surface area contributed by atoms with E-state index in [9.17, 15) is 13.2 Å². The van der Waals surface area contributed by atoms with Gasteiger partial charge in [0.25, 0.3) is 0 Å². The van der Waals surface area contributed by atoms with Crippen molar-refractivity contribution < 1.29 is 18.3 Å². The van der Waals surface area contributed by atoms with Crippen molar-refractivity contribution in [2.24, 2.45) is 5.41 Å². The third kappa shape index (κ3) is 3.54. The number of sulfonamides is 1. The van der Waals surface area contributed by atoms with Gasteiger partial charge in [0.15, 0.2) is 0 Å². The van der Waals surface area contributed by atoms with Gasteiger partial charge in [-0.3, -0.25) is 0 Å². The van der Waals surface area contributed by atoms with Crippen LogP contribution in [0.3, 0.4) is 0 Å². The zero-order valence-corrected chi connectivity index (χ0v) is 12.9. The van der Waals surface area contributed by atoms with Crippen LogP contribution in [0.15, 0.2) is 23.1 Å². The van der Waals surface area contributed by atoms with Crippen LogP contribution in [0.4, 0.5) is 5.69 Å². The van der Waals surface area contributed by atoms with Crippen molar-refractivity contribution in [3.05, 3.63) is 23.8 Å². The summed E-state index contributed by atoms with van der Waals surface area (Å²) in [6.45, 7) is 4.22. The number of aromatic carboxylic acids is 1. The summed E-state index contributed by atoms with van der Waals surface area (Å²) in [5.74, 6) is -1.14. The van der Waals surface area contributed by atoms with Crippen LogP contribution >= 0.6 is 0 Å². The standard InChI is InChI=1S/C14H20N2O4S/c1-14(2)6-5-10(8-14)16-21(19,20)12-4-3-9(13(17)18)7-11(12)15/h3-4,7,10,16H,5-6,8,15H2,1-2H3,(H,17,18). The van der Waals surface area contributed by atoms with E-state index in [4.69, 9.17) is 10.8 Å². The van der Waals surface area contributed by atoms with Crippen LogP contribution < -0.4 is 10.5 Å². The fourth-order valence-corrected chi connectivity index (χ4v) is 4.13. The van der Waals surface area contributed by atoms with Crippen LogP contribution in [0.1, 0.15) is 43.5 Å². The number of carboxylic acid groups (broad SMARTS) is 1. The molecule has 1 unspecified atom stereocenters. The number of anilines is 1. The van der Waals surface area contributed by atoms with E-state index in [0.29, 0.717) is 0 Å². The second-order valence-corrected chi connectivity index (χ2v) is 7.97. The number of nitrogens with two attached hydrogens (primary N) is 1. The second kappa shape index (κ2) is 5.31. The molecule has 0 saturated heterocycles. The first-order valence-electron chi connectivity index (χ1n) is 6.76. The molecule has 1 aliphatic carbocycles. The maximum atomic E-state index is 12.4. The van der Waals surface area contributed by atoms with Crippen molar-refractivity contribution in [2.75, 3.05) is 5.73 Å². The summed E-state index contributed by atoms with van der Waals surface area (Å²) >= 11 is 0. The third-order valence-electron chi connectivity index (χ3n) is 3.84. The highest BCUT2D eigenvalue weighted by Gasteiger charge is 2.34. The molecule has 1 aliphatic rings. The Balaban J connectivity index is 2.22. The van der Waals surface area contributed by atoms with Gasteiger partial charge in [-0.05, 0) is 42.9 Å². The molecular weight excluding hydrogens is 292 g/mol. The monoisotopic (exact) mass is 312 g/mol. The van der Waals surface area contributed by atoms with Crippen molar-refractivity contribution >= 4 is 21.7 Å². The Kier molecular flexibility index (Phi) is 3.99. The second-order valence-electron chi connectivity index (χ2n) is 6.28. The van der Waals surface area contributed by atoms with Gasteiger partial charge in [0.2, 0.25) is 10.0 Å². The molecule has 0 amide bonds. The number of carboxylic acids is 1. The minimum absolute atomic E-state index is 0.0338. The smallest absolute Gasteiger partial charge is 0.335 e. The number of nitrogen functional groups attached to an aromatic ring is 1. The molecule has 1 aromatic rings. The number of rotatable bonds is 4. The lowest BCUT2D eigenvalue weighted by molar-refractivity contribution is 0.0697. The van der Waals surface area contributed by atoms with Crippen molar-refractivity contribution in [3.63, 3.8) is 0 Å². The van der Waals surface area contributed by atoms with Gasteiger partial charge in [-0.25, -0.2) is 17.9 Å². The molecule has 1 saturated carbocycles. The highest BCUT2D eigenvalue weighted by atomic mass is 32.2. The molecule has 7 heteroatoms. The summed E-state index contributed by atoms with van der Waals surface area (Å²) in [4.78, 5) is 10.8. The molecular formula is C14H20N2O4S. The van der Waals surface area contributed by atoms with Gasteiger partial charge in [-0.2, -0.15) is 0 Å². The van der Waals surface area contributed by atoms with Gasteiger partial charge in [0, 0.05) is 6.04 Å². The number of hydrogen-bond acceptors (Lipinski definition) is 4. The Bertz CT molecular complexity index is 668. The first-order valence-corrected chi connectivity index (χ1v) is 8.24. The number of carbonyl (C=O) groups is 1. The quantitative estimate of drug-likeness (QED) is 0.735. The zero-order chi connectivity index (χ0) is 15.8.